The molecule has 1 N–H and O–H groups in total. The molecule has 1 aliphatic carbocycles. The van der Waals surface area contributed by atoms with E-state index >= 15 is 0 Å². The van der Waals surface area contributed by atoms with Gasteiger partial charge < -0.3 is 14.8 Å². The fraction of sp³-hybridized carbons (Fsp3) is 0.207. The van der Waals surface area contributed by atoms with Gasteiger partial charge in [-0.25, -0.2) is 9.98 Å². The molecule has 1 fully saturated rings. The van der Waals surface area contributed by atoms with Gasteiger partial charge in [-0.2, -0.15) is 0 Å². The number of hydrogen-bond acceptors (Lipinski definition) is 5. The molecule has 2 aromatic carbocycles. The van der Waals surface area contributed by atoms with Crippen LogP contribution < -0.4 is 10.2 Å². The van der Waals surface area contributed by atoms with E-state index in [1.807, 2.05) is 65.0 Å². The molecule has 1 amide bonds. The quantitative estimate of drug-likeness (QED) is 0.244. The van der Waals surface area contributed by atoms with Crippen molar-refractivity contribution in [2.75, 3.05) is 17.3 Å². The van der Waals surface area contributed by atoms with Crippen LogP contribution in [0.3, 0.4) is 0 Å². The molecule has 8 nitrogen and oxygen atoms in total. The molecule has 0 saturated heterocycles. The number of anilines is 2. The summed E-state index contributed by atoms with van der Waals surface area (Å²) in [6, 6.07) is 23.0. The average Bonchev–Trinajstić information content (AvgIpc) is 3.68. The molecule has 2 heterocycles. The van der Waals surface area contributed by atoms with Crippen molar-refractivity contribution < 1.29 is 4.79 Å². The van der Waals surface area contributed by atoms with Crippen molar-refractivity contribution in [1.29, 1.82) is 0 Å². The lowest BCUT2D eigenvalue weighted by Gasteiger charge is -2.16. The number of aromatic nitrogens is 4. The fourth-order valence-electron chi connectivity index (χ4n) is 4.03. The third-order valence-electron chi connectivity index (χ3n) is 6.45. The van der Waals surface area contributed by atoms with E-state index in [-0.39, 0.29) is 11.9 Å². The summed E-state index contributed by atoms with van der Waals surface area (Å²) in [4.78, 5) is 24.0. The monoisotopic (exact) mass is 491 g/mol. The van der Waals surface area contributed by atoms with Gasteiger partial charge >= 0.3 is 0 Å². The van der Waals surface area contributed by atoms with Crippen molar-refractivity contribution in [3.8, 4) is 11.5 Å². The lowest BCUT2D eigenvalue weighted by Crippen LogP contribution is -2.17. The number of nitrogens with one attached hydrogen (secondary N) is 1. The molecular formula is C29H29N7O. The third-order valence-corrected chi connectivity index (χ3v) is 6.45. The Kier molecular flexibility index (Phi) is 6.89. The van der Waals surface area contributed by atoms with Crippen LogP contribution in [0, 0.1) is 5.92 Å². The minimum Gasteiger partial charge on any atom is -0.336 e. The average molecular weight is 492 g/mol. The zero-order chi connectivity index (χ0) is 25.8. The summed E-state index contributed by atoms with van der Waals surface area (Å²) in [5.74, 6) is 1.33. The van der Waals surface area contributed by atoms with Gasteiger partial charge in [0.05, 0.1) is 12.4 Å². The largest absolute Gasteiger partial charge is 0.336 e. The highest BCUT2D eigenvalue weighted by molar-refractivity contribution is 6.04. The molecule has 0 bridgehead atoms. The standard InChI is InChI=1S/C29H29N7O/c1-20(22-15-16-22)30-18-35(3)25-12-7-11-24(17-25)29(37)33-27-14-8-13-26(32-27)28-34-31-19-36(28)21(2)23-9-5-4-6-10-23/h4-14,17-19,21-22H,1,15-16H2,2-3H3,(H,32,33,37)/t21-/m0/s1. The predicted molar refractivity (Wildman–Crippen MR) is 147 cm³/mol. The smallest absolute Gasteiger partial charge is 0.256 e. The van der Waals surface area contributed by atoms with Gasteiger partial charge in [-0.05, 0) is 55.7 Å². The molecule has 2 aromatic heterocycles. The summed E-state index contributed by atoms with van der Waals surface area (Å²) in [5, 5.41) is 11.3. The topological polar surface area (TPSA) is 88.3 Å². The number of rotatable bonds is 9. The van der Waals surface area contributed by atoms with Gasteiger partial charge in [-0.1, -0.05) is 49.0 Å². The van der Waals surface area contributed by atoms with Crippen LogP contribution in [0.5, 0.6) is 0 Å². The maximum atomic E-state index is 13.1. The number of hydrogen-bond donors (Lipinski definition) is 1. The molecule has 4 aromatic rings. The molecule has 186 valence electrons. The summed E-state index contributed by atoms with van der Waals surface area (Å²) in [5.41, 5.74) is 4.04. The zero-order valence-electron chi connectivity index (χ0n) is 21.0. The van der Waals surface area contributed by atoms with Gasteiger partial charge in [-0.15, -0.1) is 10.2 Å². The van der Waals surface area contributed by atoms with E-state index in [4.69, 9.17) is 0 Å². The van der Waals surface area contributed by atoms with Crippen molar-refractivity contribution >= 4 is 23.8 Å². The molecule has 8 heteroatoms. The van der Waals surface area contributed by atoms with Gasteiger partial charge in [0.25, 0.3) is 5.91 Å². The highest BCUT2D eigenvalue weighted by Crippen LogP contribution is 2.35. The van der Waals surface area contributed by atoms with Crippen LogP contribution in [0.4, 0.5) is 11.5 Å². The molecule has 37 heavy (non-hydrogen) atoms. The fourth-order valence-corrected chi connectivity index (χ4v) is 4.03. The van der Waals surface area contributed by atoms with Crippen molar-refractivity contribution in [2.24, 2.45) is 10.9 Å². The van der Waals surface area contributed by atoms with E-state index < -0.39 is 0 Å². The van der Waals surface area contributed by atoms with Crippen molar-refractivity contribution in [3.05, 3.63) is 103 Å². The molecule has 5 rings (SSSR count). The molecule has 1 saturated carbocycles. The minimum atomic E-state index is -0.252. The van der Waals surface area contributed by atoms with Gasteiger partial charge in [0.15, 0.2) is 5.82 Å². The Morgan fingerprint density at radius 1 is 1.14 bits per heavy atom. The summed E-state index contributed by atoms with van der Waals surface area (Å²) in [6.45, 7) is 6.11. The van der Waals surface area contributed by atoms with Crippen LogP contribution in [-0.4, -0.2) is 39.0 Å². The second-order valence-electron chi connectivity index (χ2n) is 9.18. The third kappa shape index (κ3) is 5.64. The molecule has 1 atom stereocenters. The zero-order valence-corrected chi connectivity index (χ0v) is 21.0. The Bertz CT molecular complexity index is 1440. The lowest BCUT2D eigenvalue weighted by molar-refractivity contribution is 0.102. The van der Waals surface area contributed by atoms with Crippen LogP contribution in [-0.2, 0) is 0 Å². The normalized spacial score (nSPS) is 13.9. The van der Waals surface area contributed by atoms with E-state index in [9.17, 15) is 4.79 Å². The second-order valence-corrected chi connectivity index (χ2v) is 9.18. The van der Waals surface area contributed by atoms with Crippen LogP contribution in [0.15, 0.2) is 96.4 Å². The first-order valence-corrected chi connectivity index (χ1v) is 12.3. The summed E-state index contributed by atoms with van der Waals surface area (Å²) < 4.78 is 1.97. The van der Waals surface area contributed by atoms with Crippen molar-refractivity contribution in [2.45, 2.75) is 25.8 Å². The molecule has 0 spiro atoms. The van der Waals surface area contributed by atoms with Crippen LogP contribution >= 0.6 is 0 Å². The van der Waals surface area contributed by atoms with Crippen molar-refractivity contribution in [1.82, 2.24) is 19.7 Å². The van der Waals surface area contributed by atoms with E-state index in [2.05, 4.69) is 51.1 Å². The number of nitrogens with zero attached hydrogens (tertiary/aromatic N) is 6. The highest BCUT2D eigenvalue weighted by atomic mass is 16.1. The first-order chi connectivity index (χ1) is 18.0. The van der Waals surface area contributed by atoms with Gasteiger partial charge in [0, 0.05) is 29.9 Å². The minimum absolute atomic E-state index is 0.0240. The first-order valence-electron chi connectivity index (χ1n) is 12.3. The number of carbonyl (C=O) groups excluding carboxylic acids is 1. The number of carbonyl (C=O) groups is 1. The Balaban J connectivity index is 1.31. The number of allylic oxidation sites excluding steroid dienone is 1. The van der Waals surface area contributed by atoms with E-state index in [1.54, 1.807) is 24.8 Å². The van der Waals surface area contributed by atoms with Crippen molar-refractivity contribution in [3.63, 3.8) is 0 Å². The van der Waals surface area contributed by atoms with E-state index in [1.165, 1.54) is 0 Å². The van der Waals surface area contributed by atoms with Gasteiger partial charge in [0.2, 0.25) is 0 Å². The summed E-state index contributed by atoms with van der Waals surface area (Å²) >= 11 is 0. The molecule has 1 aliphatic rings. The maximum absolute atomic E-state index is 13.1. The Morgan fingerprint density at radius 2 is 1.92 bits per heavy atom. The maximum Gasteiger partial charge on any atom is 0.256 e. The Hall–Kier alpha value is -4.59. The van der Waals surface area contributed by atoms with Crippen LogP contribution in [0.1, 0.15) is 41.7 Å². The number of pyridine rings is 1. The molecule has 0 unspecified atom stereocenters. The predicted octanol–water partition coefficient (Wildman–Crippen LogP) is 5.59. The summed E-state index contributed by atoms with van der Waals surface area (Å²) in [6.07, 6.45) is 5.77. The lowest BCUT2D eigenvalue weighted by atomic mass is 10.1. The van der Waals surface area contributed by atoms with Crippen LogP contribution in [0.2, 0.25) is 0 Å². The van der Waals surface area contributed by atoms with Gasteiger partial charge in [0.1, 0.15) is 17.8 Å². The SMILES string of the molecule is C=C(N=CN(C)c1cccc(C(=O)Nc2cccc(-c3nncn3[C@@H](C)c3ccccc3)n2)c1)C1CC1. The second kappa shape index (κ2) is 10.6. The molecular weight excluding hydrogens is 462 g/mol. The van der Waals surface area contributed by atoms with E-state index in [0.29, 0.717) is 28.8 Å². The first kappa shape index (κ1) is 24.1. The number of aliphatic imine (C=N–C) groups is 1. The highest BCUT2D eigenvalue weighted by Gasteiger charge is 2.24. The number of benzene rings is 2. The molecule has 0 radical (unpaired) electrons. The molecule has 0 aliphatic heterocycles. The van der Waals surface area contributed by atoms with Gasteiger partial charge in [-0.3, -0.25) is 4.79 Å². The summed E-state index contributed by atoms with van der Waals surface area (Å²) in [7, 11) is 1.90. The van der Waals surface area contributed by atoms with Crippen LogP contribution in [0.25, 0.3) is 11.5 Å². The Morgan fingerprint density at radius 3 is 2.70 bits per heavy atom. The van der Waals surface area contributed by atoms with E-state index in [0.717, 1.165) is 29.8 Å². The Labute approximate surface area is 216 Å². The number of amides is 1.